The van der Waals surface area contributed by atoms with Gasteiger partial charge in [-0.2, -0.15) is 5.10 Å². The number of nitrogens with zero attached hydrogens (tertiary/aromatic N) is 1. The van der Waals surface area contributed by atoms with Gasteiger partial charge in [0.05, 0.1) is 9.77 Å². The molecule has 0 aliphatic carbocycles. The molecule has 0 aliphatic heterocycles. The summed E-state index contributed by atoms with van der Waals surface area (Å²) in [5.74, 6) is -0.102. The molecule has 11 heavy (non-hydrogen) atoms. The third-order valence-electron chi connectivity index (χ3n) is 1.16. The van der Waals surface area contributed by atoms with Gasteiger partial charge in [0, 0.05) is 6.54 Å². The number of H-pyrrole nitrogens is 1. The van der Waals surface area contributed by atoms with Crippen molar-refractivity contribution in [3.05, 3.63) is 15.5 Å². The van der Waals surface area contributed by atoms with Gasteiger partial charge in [-0.15, -0.1) is 0 Å². The Kier molecular flexibility index (Phi) is 2.86. The number of carbonyl (C=O) groups excluding carboxylic acids is 1. The molecule has 0 unspecified atom stereocenters. The number of nitrogens with one attached hydrogen (secondary N) is 2. The quantitative estimate of drug-likeness (QED) is 0.776. The molecule has 1 aromatic heterocycles. The topological polar surface area (TPSA) is 57.8 Å². The number of hydrogen-bond acceptors (Lipinski definition) is 2. The summed E-state index contributed by atoms with van der Waals surface area (Å²) < 4.78 is 0.841. The van der Waals surface area contributed by atoms with Crippen molar-refractivity contribution in [1.82, 2.24) is 15.5 Å². The Balaban J connectivity index is 2.76. The second-order valence-electron chi connectivity index (χ2n) is 1.95. The van der Waals surface area contributed by atoms with Crippen molar-refractivity contribution < 1.29 is 4.79 Å². The summed E-state index contributed by atoms with van der Waals surface area (Å²) in [4.78, 5) is 11.1. The number of amides is 1. The second-order valence-corrected chi connectivity index (χ2v) is 3.11. The first kappa shape index (κ1) is 8.51. The van der Waals surface area contributed by atoms with Crippen LogP contribution in [0, 0.1) is 3.57 Å². The van der Waals surface area contributed by atoms with Crippen molar-refractivity contribution in [1.29, 1.82) is 0 Å². The molecule has 1 amide bonds. The van der Waals surface area contributed by atoms with E-state index >= 15 is 0 Å². The zero-order chi connectivity index (χ0) is 8.27. The molecule has 5 heteroatoms. The minimum Gasteiger partial charge on any atom is -0.351 e. The first-order valence-electron chi connectivity index (χ1n) is 3.22. The van der Waals surface area contributed by atoms with E-state index in [2.05, 4.69) is 38.1 Å². The molecule has 0 saturated carbocycles. The third-order valence-corrected chi connectivity index (χ3v) is 1.98. The molecule has 1 aromatic rings. The van der Waals surface area contributed by atoms with Gasteiger partial charge in [0.25, 0.3) is 5.91 Å². The van der Waals surface area contributed by atoms with Gasteiger partial charge in [0.15, 0.2) is 0 Å². The maximum absolute atomic E-state index is 11.1. The maximum Gasteiger partial charge on any atom is 0.270 e. The minimum absolute atomic E-state index is 0.102. The Morgan fingerprint density at radius 3 is 3.09 bits per heavy atom. The Labute approximate surface area is 77.9 Å². The van der Waals surface area contributed by atoms with Crippen LogP contribution in [0.4, 0.5) is 0 Å². The van der Waals surface area contributed by atoms with E-state index in [9.17, 15) is 4.79 Å². The fourth-order valence-corrected chi connectivity index (χ4v) is 1.18. The fraction of sp³-hybridized carbons (Fsp3) is 0.333. The molecule has 1 rings (SSSR count). The van der Waals surface area contributed by atoms with E-state index in [-0.39, 0.29) is 5.91 Å². The third kappa shape index (κ3) is 1.92. The number of aromatic amines is 1. The molecule has 4 nitrogen and oxygen atoms in total. The molecule has 60 valence electrons. The Morgan fingerprint density at radius 2 is 2.64 bits per heavy atom. The highest BCUT2D eigenvalue weighted by molar-refractivity contribution is 14.1. The summed E-state index contributed by atoms with van der Waals surface area (Å²) in [5.41, 5.74) is 0.535. The molecule has 2 N–H and O–H groups in total. The first-order chi connectivity index (χ1) is 5.25. The van der Waals surface area contributed by atoms with Crippen molar-refractivity contribution in [3.8, 4) is 0 Å². The van der Waals surface area contributed by atoms with Crippen molar-refractivity contribution in [2.75, 3.05) is 6.54 Å². The Morgan fingerprint density at radius 1 is 1.91 bits per heavy atom. The van der Waals surface area contributed by atoms with E-state index in [1.165, 1.54) is 0 Å². The van der Waals surface area contributed by atoms with E-state index < -0.39 is 0 Å². The molecule has 0 atom stereocenters. The lowest BCUT2D eigenvalue weighted by Crippen LogP contribution is -2.23. The average molecular weight is 265 g/mol. The first-order valence-corrected chi connectivity index (χ1v) is 4.30. The molecule has 1 heterocycles. The van der Waals surface area contributed by atoms with Crippen LogP contribution in [0.2, 0.25) is 0 Å². The largest absolute Gasteiger partial charge is 0.351 e. The van der Waals surface area contributed by atoms with Gasteiger partial charge in [-0.3, -0.25) is 9.89 Å². The normalized spacial score (nSPS) is 9.64. The highest BCUT2D eigenvalue weighted by Gasteiger charge is 2.09. The van der Waals surface area contributed by atoms with Gasteiger partial charge in [-0.25, -0.2) is 0 Å². The summed E-state index contributed by atoms with van der Waals surface area (Å²) in [6.07, 6.45) is 1.62. The fourth-order valence-electron chi connectivity index (χ4n) is 0.680. The molecule has 0 fully saturated rings. The lowest BCUT2D eigenvalue weighted by atomic mass is 10.4. The molecule has 0 saturated heterocycles. The average Bonchev–Trinajstić information content (AvgIpc) is 2.36. The van der Waals surface area contributed by atoms with Crippen LogP contribution in [0.5, 0.6) is 0 Å². The number of hydrogen-bond donors (Lipinski definition) is 2. The molecule has 0 bridgehead atoms. The highest BCUT2D eigenvalue weighted by Crippen LogP contribution is 2.06. The van der Waals surface area contributed by atoms with Crippen LogP contribution in [-0.2, 0) is 0 Å². The lowest BCUT2D eigenvalue weighted by molar-refractivity contribution is 0.0950. The smallest absolute Gasteiger partial charge is 0.270 e. The molecular formula is C6H8IN3O. The lowest BCUT2D eigenvalue weighted by Gasteiger charge is -1.97. The number of carbonyl (C=O) groups is 1. The van der Waals surface area contributed by atoms with E-state index in [1.807, 2.05) is 6.92 Å². The van der Waals surface area contributed by atoms with E-state index in [0.29, 0.717) is 12.2 Å². The Hall–Kier alpha value is -0.590. The van der Waals surface area contributed by atoms with Crippen LogP contribution in [0.15, 0.2) is 6.20 Å². The Bertz CT molecular complexity index is 258. The van der Waals surface area contributed by atoms with Crippen molar-refractivity contribution in [2.45, 2.75) is 6.92 Å². The van der Waals surface area contributed by atoms with Crippen molar-refractivity contribution in [2.24, 2.45) is 0 Å². The molecule has 0 radical (unpaired) electrons. The van der Waals surface area contributed by atoms with E-state index in [1.54, 1.807) is 6.20 Å². The summed E-state index contributed by atoms with van der Waals surface area (Å²) in [6.45, 7) is 2.51. The molecule has 0 aliphatic rings. The van der Waals surface area contributed by atoms with Gasteiger partial charge < -0.3 is 5.32 Å². The second kappa shape index (κ2) is 3.70. The van der Waals surface area contributed by atoms with Gasteiger partial charge in [0.1, 0.15) is 5.69 Å². The van der Waals surface area contributed by atoms with Crippen LogP contribution in [0.3, 0.4) is 0 Å². The summed E-state index contributed by atoms with van der Waals surface area (Å²) in [5, 5.41) is 9.03. The van der Waals surface area contributed by atoms with E-state index in [4.69, 9.17) is 0 Å². The zero-order valence-electron chi connectivity index (χ0n) is 6.02. The number of rotatable bonds is 2. The summed E-state index contributed by atoms with van der Waals surface area (Å²) >= 11 is 2.06. The zero-order valence-corrected chi connectivity index (χ0v) is 8.18. The van der Waals surface area contributed by atoms with Gasteiger partial charge in [-0.05, 0) is 29.5 Å². The van der Waals surface area contributed by atoms with Gasteiger partial charge in [-0.1, -0.05) is 0 Å². The standard InChI is InChI=1S/C6H8IN3O/c1-2-8-6(11)5-4(7)3-9-10-5/h3H,2H2,1H3,(H,8,11)(H,9,10). The molecular weight excluding hydrogens is 257 g/mol. The number of aromatic nitrogens is 2. The van der Waals surface area contributed by atoms with Crippen molar-refractivity contribution >= 4 is 28.5 Å². The van der Waals surface area contributed by atoms with E-state index in [0.717, 1.165) is 3.57 Å². The van der Waals surface area contributed by atoms with Crippen molar-refractivity contribution in [3.63, 3.8) is 0 Å². The minimum atomic E-state index is -0.102. The summed E-state index contributed by atoms with van der Waals surface area (Å²) in [6, 6.07) is 0. The number of halogens is 1. The molecule has 0 spiro atoms. The molecule has 0 aromatic carbocycles. The van der Waals surface area contributed by atoms with Crippen LogP contribution in [0.1, 0.15) is 17.4 Å². The monoisotopic (exact) mass is 265 g/mol. The predicted molar refractivity (Wildman–Crippen MR) is 49.3 cm³/mol. The van der Waals surface area contributed by atoms with Crippen LogP contribution < -0.4 is 5.32 Å². The summed E-state index contributed by atoms with van der Waals surface area (Å²) in [7, 11) is 0. The van der Waals surface area contributed by atoms with Gasteiger partial charge in [0.2, 0.25) is 0 Å². The SMILES string of the molecule is CCNC(=O)c1[nH]ncc1I. The maximum atomic E-state index is 11.1. The van der Waals surface area contributed by atoms with Crippen LogP contribution in [-0.4, -0.2) is 22.6 Å². The van der Waals surface area contributed by atoms with Crippen LogP contribution in [0.25, 0.3) is 0 Å². The van der Waals surface area contributed by atoms with Crippen LogP contribution >= 0.6 is 22.6 Å². The predicted octanol–water partition coefficient (Wildman–Crippen LogP) is 0.764. The highest BCUT2D eigenvalue weighted by atomic mass is 127. The van der Waals surface area contributed by atoms with Gasteiger partial charge >= 0.3 is 0 Å².